The monoisotopic (exact) mass is 300 g/mol. The second kappa shape index (κ2) is 5.69. The van der Waals surface area contributed by atoms with Crippen LogP contribution in [-0.2, 0) is 16.3 Å². The number of nitrogens with zero attached hydrogens (tertiary/aromatic N) is 1. The molecule has 2 N–H and O–H groups in total. The molecule has 0 saturated carbocycles. The SMILES string of the molecule is CC(N)Cc1ccc(N2CCS(=O)(=O)CC2C)c(F)c1. The lowest BCUT2D eigenvalue weighted by Crippen LogP contribution is -2.47. The predicted octanol–water partition coefficient (Wildman–Crippen LogP) is 1.34. The van der Waals surface area contributed by atoms with Gasteiger partial charge in [-0.15, -0.1) is 0 Å². The van der Waals surface area contributed by atoms with Crippen molar-refractivity contribution in [3.8, 4) is 0 Å². The third-order valence-electron chi connectivity index (χ3n) is 3.55. The third-order valence-corrected chi connectivity index (χ3v) is 5.34. The molecule has 0 amide bonds. The summed E-state index contributed by atoms with van der Waals surface area (Å²) >= 11 is 0. The van der Waals surface area contributed by atoms with Gasteiger partial charge in [-0.3, -0.25) is 0 Å². The van der Waals surface area contributed by atoms with E-state index in [9.17, 15) is 12.8 Å². The number of anilines is 1. The van der Waals surface area contributed by atoms with Crippen LogP contribution in [0.2, 0.25) is 0 Å². The van der Waals surface area contributed by atoms with Crippen LogP contribution < -0.4 is 10.6 Å². The van der Waals surface area contributed by atoms with Crippen molar-refractivity contribution in [2.45, 2.75) is 32.4 Å². The average Bonchev–Trinajstić information content (AvgIpc) is 2.29. The number of benzene rings is 1. The number of halogens is 1. The van der Waals surface area contributed by atoms with E-state index < -0.39 is 9.84 Å². The molecule has 1 aliphatic heterocycles. The van der Waals surface area contributed by atoms with Gasteiger partial charge in [0.1, 0.15) is 5.82 Å². The Morgan fingerprint density at radius 3 is 2.75 bits per heavy atom. The molecule has 0 radical (unpaired) electrons. The van der Waals surface area contributed by atoms with Crippen LogP contribution in [0.4, 0.5) is 10.1 Å². The smallest absolute Gasteiger partial charge is 0.154 e. The molecule has 1 fully saturated rings. The lowest BCUT2D eigenvalue weighted by molar-refractivity contribution is 0.558. The highest BCUT2D eigenvalue weighted by Crippen LogP contribution is 2.25. The highest BCUT2D eigenvalue weighted by Gasteiger charge is 2.29. The van der Waals surface area contributed by atoms with Crippen LogP contribution in [0.3, 0.4) is 0 Å². The summed E-state index contributed by atoms with van der Waals surface area (Å²) in [5, 5.41) is 0. The lowest BCUT2D eigenvalue weighted by Gasteiger charge is -2.35. The van der Waals surface area contributed by atoms with Crippen LogP contribution >= 0.6 is 0 Å². The Labute approximate surface area is 119 Å². The van der Waals surface area contributed by atoms with Crippen LogP contribution in [0, 0.1) is 5.82 Å². The number of rotatable bonds is 3. The Hall–Kier alpha value is -1.14. The highest BCUT2D eigenvalue weighted by molar-refractivity contribution is 7.91. The van der Waals surface area contributed by atoms with E-state index in [2.05, 4.69) is 0 Å². The normalized spacial score (nSPS) is 23.6. The number of sulfone groups is 1. The fourth-order valence-electron chi connectivity index (χ4n) is 2.64. The molecule has 0 spiro atoms. The zero-order valence-corrected chi connectivity index (χ0v) is 12.7. The molecule has 1 saturated heterocycles. The van der Waals surface area contributed by atoms with Gasteiger partial charge in [0.25, 0.3) is 0 Å². The predicted molar refractivity (Wildman–Crippen MR) is 79.2 cm³/mol. The topological polar surface area (TPSA) is 63.4 Å². The molecule has 1 aliphatic rings. The Morgan fingerprint density at radius 1 is 1.50 bits per heavy atom. The summed E-state index contributed by atoms with van der Waals surface area (Å²) in [6.45, 7) is 4.03. The van der Waals surface area contributed by atoms with E-state index in [-0.39, 0.29) is 29.4 Å². The van der Waals surface area contributed by atoms with Crippen molar-refractivity contribution in [1.29, 1.82) is 0 Å². The molecule has 6 heteroatoms. The van der Waals surface area contributed by atoms with E-state index in [4.69, 9.17) is 5.73 Å². The standard InChI is InChI=1S/C14H21FN2O2S/c1-10(16)7-12-3-4-14(13(15)8-12)17-5-6-20(18,19)9-11(17)2/h3-4,8,10-11H,5-7,9,16H2,1-2H3. The first-order chi connectivity index (χ1) is 9.28. The van der Waals surface area contributed by atoms with Crippen molar-refractivity contribution in [1.82, 2.24) is 0 Å². The van der Waals surface area contributed by atoms with Gasteiger partial charge in [0.2, 0.25) is 0 Å². The summed E-state index contributed by atoms with van der Waals surface area (Å²) in [4.78, 5) is 1.83. The molecule has 2 rings (SSSR count). The Balaban J connectivity index is 2.21. The van der Waals surface area contributed by atoms with E-state index in [0.29, 0.717) is 18.7 Å². The second-order valence-corrected chi connectivity index (χ2v) is 7.85. The Kier molecular flexibility index (Phi) is 4.34. The highest BCUT2D eigenvalue weighted by atomic mass is 32.2. The van der Waals surface area contributed by atoms with Crippen molar-refractivity contribution >= 4 is 15.5 Å². The van der Waals surface area contributed by atoms with E-state index >= 15 is 0 Å². The summed E-state index contributed by atoms with van der Waals surface area (Å²) in [6.07, 6.45) is 0.626. The summed E-state index contributed by atoms with van der Waals surface area (Å²) < 4.78 is 37.3. The minimum atomic E-state index is -2.99. The lowest BCUT2D eigenvalue weighted by atomic mass is 10.1. The minimum Gasteiger partial charge on any atom is -0.364 e. The molecule has 1 aromatic rings. The molecular weight excluding hydrogens is 279 g/mol. The summed E-state index contributed by atoms with van der Waals surface area (Å²) in [7, 11) is -2.99. The van der Waals surface area contributed by atoms with Crippen molar-refractivity contribution in [3.63, 3.8) is 0 Å². The maximum Gasteiger partial charge on any atom is 0.154 e. The van der Waals surface area contributed by atoms with Gasteiger partial charge in [0, 0.05) is 18.6 Å². The van der Waals surface area contributed by atoms with Gasteiger partial charge in [-0.2, -0.15) is 0 Å². The van der Waals surface area contributed by atoms with Gasteiger partial charge in [0.15, 0.2) is 9.84 Å². The van der Waals surface area contributed by atoms with Crippen molar-refractivity contribution in [2.75, 3.05) is 23.0 Å². The molecule has 4 nitrogen and oxygen atoms in total. The fourth-order valence-corrected chi connectivity index (χ4v) is 4.20. The van der Waals surface area contributed by atoms with Crippen molar-refractivity contribution in [2.24, 2.45) is 5.73 Å². The molecule has 2 unspecified atom stereocenters. The first-order valence-corrected chi connectivity index (χ1v) is 8.62. The fraction of sp³-hybridized carbons (Fsp3) is 0.571. The summed E-state index contributed by atoms with van der Waals surface area (Å²) in [5.41, 5.74) is 7.04. The molecule has 1 aromatic carbocycles. The van der Waals surface area contributed by atoms with Gasteiger partial charge < -0.3 is 10.6 Å². The average molecular weight is 300 g/mol. The molecule has 20 heavy (non-hydrogen) atoms. The first kappa shape index (κ1) is 15.3. The zero-order valence-electron chi connectivity index (χ0n) is 11.8. The Morgan fingerprint density at radius 2 is 2.20 bits per heavy atom. The van der Waals surface area contributed by atoms with E-state index in [1.54, 1.807) is 6.07 Å². The van der Waals surface area contributed by atoms with Crippen LogP contribution in [0.15, 0.2) is 18.2 Å². The first-order valence-electron chi connectivity index (χ1n) is 6.79. The maximum absolute atomic E-state index is 14.2. The third kappa shape index (κ3) is 3.49. The van der Waals surface area contributed by atoms with Gasteiger partial charge in [0.05, 0.1) is 17.2 Å². The number of hydrogen-bond donors (Lipinski definition) is 1. The minimum absolute atomic E-state index is 0.0145. The van der Waals surface area contributed by atoms with Crippen LogP contribution in [0.1, 0.15) is 19.4 Å². The number of nitrogens with two attached hydrogens (primary N) is 1. The van der Waals surface area contributed by atoms with E-state index in [1.807, 2.05) is 24.8 Å². The summed E-state index contributed by atoms with van der Waals surface area (Å²) in [5.74, 6) is -0.152. The van der Waals surface area contributed by atoms with Gasteiger partial charge in [-0.1, -0.05) is 6.07 Å². The van der Waals surface area contributed by atoms with Crippen LogP contribution in [-0.4, -0.2) is 38.6 Å². The molecular formula is C14H21FN2O2S. The van der Waals surface area contributed by atoms with Gasteiger partial charge in [-0.25, -0.2) is 12.8 Å². The number of hydrogen-bond acceptors (Lipinski definition) is 4. The quantitative estimate of drug-likeness (QED) is 0.915. The molecule has 2 atom stereocenters. The van der Waals surface area contributed by atoms with Crippen LogP contribution in [0.5, 0.6) is 0 Å². The molecule has 1 heterocycles. The van der Waals surface area contributed by atoms with E-state index in [1.165, 1.54) is 6.07 Å². The van der Waals surface area contributed by atoms with Crippen molar-refractivity contribution < 1.29 is 12.8 Å². The van der Waals surface area contributed by atoms with E-state index in [0.717, 1.165) is 5.56 Å². The van der Waals surface area contributed by atoms with Gasteiger partial charge in [-0.05, 0) is 38.0 Å². The van der Waals surface area contributed by atoms with Gasteiger partial charge >= 0.3 is 0 Å². The Bertz CT molecular complexity index is 587. The molecule has 0 aliphatic carbocycles. The van der Waals surface area contributed by atoms with Crippen LogP contribution in [0.25, 0.3) is 0 Å². The largest absolute Gasteiger partial charge is 0.364 e. The van der Waals surface area contributed by atoms with Crippen molar-refractivity contribution in [3.05, 3.63) is 29.6 Å². The zero-order chi connectivity index (χ0) is 14.9. The molecule has 112 valence electrons. The molecule has 0 bridgehead atoms. The second-order valence-electron chi connectivity index (χ2n) is 5.62. The summed E-state index contributed by atoms with van der Waals surface area (Å²) in [6, 6.07) is 4.86. The maximum atomic E-state index is 14.2. The molecule has 0 aromatic heterocycles.